The molecule has 1 N–H and O–H groups in total. The molecule has 2 aliphatic rings. The lowest BCUT2D eigenvalue weighted by Gasteiger charge is -2.41. The lowest BCUT2D eigenvalue weighted by Crippen LogP contribution is -2.41. The molecule has 3 aromatic rings. The second-order valence-corrected chi connectivity index (χ2v) is 9.04. The molecule has 1 aliphatic carbocycles. The minimum atomic E-state index is -0.278. The number of nitrogens with one attached hydrogen (secondary N) is 1. The summed E-state index contributed by atoms with van der Waals surface area (Å²) < 4.78 is 13.2. The van der Waals surface area contributed by atoms with Crippen molar-refractivity contribution in [1.29, 1.82) is 0 Å². The molecule has 146 valence electrons. The Morgan fingerprint density at radius 1 is 1.14 bits per heavy atom. The zero-order chi connectivity index (χ0) is 19.1. The number of piperidine rings is 1. The monoisotopic (exact) mass is 397 g/mol. The van der Waals surface area contributed by atoms with Gasteiger partial charge in [-0.1, -0.05) is 31.4 Å². The van der Waals surface area contributed by atoms with Crippen molar-refractivity contribution < 1.29 is 4.39 Å². The molecule has 4 nitrogen and oxygen atoms in total. The number of fused-ring (bicyclic) bond motifs is 2. The number of nitrogens with zero attached hydrogens (tertiary/aromatic N) is 2. The number of aromatic amines is 1. The molecule has 3 heterocycles. The van der Waals surface area contributed by atoms with Crippen LogP contribution in [0.4, 0.5) is 4.39 Å². The van der Waals surface area contributed by atoms with Gasteiger partial charge in [0.2, 0.25) is 0 Å². The summed E-state index contributed by atoms with van der Waals surface area (Å²) in [5, 5.41) is 2.55. The van der Waals surface area contributed by atoms with Crippen molar-refractivity contribution in [1.82, 2.24) is 14.9 Å². The highest BCUT2D eigenvalue weighted by Crippen LogP contribution is 2.36. The van der Waals surface area contributed by atoms with E-state index in [2.05, 4.69) is 9.88 Å². The Morgan fingerprint density at radius 2 is 1.93 bits per heavy atom. The minimum Gasteiger partial charge on any atom is -0.309 e. The third kappa shape index (κ3) is 3.40. The second-order valence-electron chi connectivity index (χ2n) is 8.18. The molecule has 6 heteroatoms. The van der Waals surface area contributed by atoms with Gasteiger partial charge in [-0.15, -0.1) is 11.3 Å². The molecule has 1 aliphatic heterocycles. The van der Waals surface area contributed by atoms with Crippen LogP contribution in [0.3, 0.4) is 0 Å². The van der Waals surface area contributed by atoms with E-state index in [1.807, 2.05) is 5.38 Å². The smallest absolute Gasteiger partial charge is 0.260 e. The van der Waals surface area contributed by atoms with E-state index in [1.165, 1.54) is 55.6 Å². The molecule has 2 aromatic heterocycles. The van der Waals surface area contributed by atoms with Crippen LogP contribution in [-0.4, -0.2) is 28.0 Å². The number of halogens is 1. The number of rotatable bonds is 3. The summed E-state index contributed by atoms with van der Waals surface area (Å²) in [5.41, 5.74) is 1.56. The molecule has 1 saturated carbocycles. The second kappa shape index (κ2) is 7.41. The zero-order valence-electron chi connectivity index (χ0n) is 15.8. The normalized spacial score (nSPS) is 23.0. The number of likely N-dealkylation sites (tertiary alicyclic amines) is 1. The summed E-state index contributed by atoms with van der Waals surface area (Å²) in [6.45, 7) is 2.92. The third-order valence-corrected chi connectivity index (χ3v) is 7.27. The highest BCUT2D eigenvalue weighted by molar-refractivity contribution is 7.17. The van der Waals surface area contributed by atoms with E-state index in [0.717, 1.165) is 46.7 Å². The Bertz CT molecular complexity index is 1040. The highest BCUT2D eigenvalue weighted by Gasteiger charge is 2.31. The van der Waals surface area contributed by atoms with Gasteiger partial charge in [-0.25, -0.2) is 9.37 Å². The Kier molecular flexibility index (Phi) is 4.77. The van der Waals surface area contributed by atoms with E-state index in [4.69, 9.17) is 4.98 Å². The SMILES string of the molecule is O=c1[nH]c(CN2CC[C@H]3CCCC[C@H]3C2)nc2scc(-c3ccc(F)cc3)c12. The van der Waals surface area contributed by atoms with Crippen molar-refractivity contribution in [2.45, 2.75) is 38.6 Å². The van der Waals surface area contributed by atoms with Crippen LogP contribution in [0.25, 0.3) is 21.3 Å². The van der Waals surface area contributed by atoms with Gasteiger partial charge in [0.1, 0.15) is 16.5 Å². The number of H-pyrrole nitrogens is 1. The van der Waals surface area contributed by atoms with Crippen LogP contribution >= 0.6 is 11.3 Å². The van der Waals surface area contributed by atoms with Gasteiger partial charge in [0, 0.05) is 17.5 Å². The molecule has 1 aromatic carbocycles. The van der Waals surface area contributed by atoms with Crippen molar-refractivity contribution >= 4 is 21.6 Å². The predicted octanol–water partition coefficient (Wildman–Crippen LogP) is 4.80. The number of hydrogen-bond acceptors (Lipinski definition) is 4. The average Bonchev–Trinajstić information content (AvgIpc) is 3.13. The summed E-state index contributed by atoms with van der Waals surface area (Å²) >= 11 is 1.48. The van der Waals surface area contributed by atoms with Gasteiger partial charge in [-0.3, -0.25) is 9.69 Å². The maximum Gasteiger partial charge on any atom is 0.260 e. The molecule has 2 atom stereocenters. The molecule has 0 amide bonds. The Balaban J connectivity index is 1.40. The molecule has 0 radical (unpaired) electrons. The fraction of sp³-hybridized carbons (Fsp3) is 0.455. The van der Waals surface area contributed by atoms with Gasteiger partial charge >= 0.3 is 0 Å². The lowest BCUT2D eigenvalue weighted by atomic mass is 9.75. The van der Waals surface area contributed by atoms with Crippen LogP contribution in [0.1, 0.15) is 37.9 Å². The first kappa shape index (κ1) is 18.0. The van der Waals surface area contributed by atoms with Crippen molar-refractivity contribution in [3.63, 3.8) is 0 Å². The third-order valence-electron chi connectivity index (χ3n) is 6.40. The molecule has 28 heavy (non-hydrogen) atoms. The number of thiophene rings is 1. The van der Waals surface area contributed by atoms with Gasteiger partial charge in [-0.2, -0.15) is 0 Å². The molecular formula is C22H24FN3OS. The molecule has 0 unspecified atom stereocenters. The Hall–Kier alpha value is -2.05. The van der Waals surface area contributed by atoms with E-state index in [9.17, 15) is 9.18 Å². The maximum atomic E-state index is 13.2. The quantitative estimate of drug-likeness (QED) is 0.690. The Labute approximate surface area is 167 Å². The van der Waals surface area contributed by atoms with Crippen molar-refractivity contribution in [3.05, 3.63) is 51.6 Å². The standard InChI is InChI=1S/C22H24FN3OS/c23-17-7-5-15(6-8-17)18-13-28-22-20(18)21(27)24-19(25-22)12-26-10-9-14-3-1-2-4-16(14)11-26/h5-8,13-14,16H,1-4,9-12H2,(H,24,25,27)/t14-,16+/m1/s1. The summed E-state index contributed by atoms with van der Waals surface area (Å²) in [4.78, 5) is 23.8. The molecule has 2 fully saturated rings. The van der Waals surface area contributed by atoms with Crippen LogP contribution < -0.4 is 5.56 Å². The first-order valence-electron chi connectivity index (χ1n) is 10.2. The largest absolute Gasteiger partial charge is 0.309 e. The molecule has 0 spiro atoms. The van der Waals surface area contributed by atoms with Crippen LogP contribution in [0.15, 0.2) is 34.4 Å². The van der Waals surface area contributed by atoms with E-state index in [-0.39, 0.29) is 11.4 Å². The molecule has 1 saturated heterocycles. The molecule has 5 rings (SSSR count). The van der Waals surface area contributed by atoms with Gasteiger partial charge < -0.3 is 4.98 Å². The number of hydrogen-bond donors (Lipinski definition) is 1. The lowest BCUT2D eigenvalue weighted by molar-refractivity contribution is 0.0803. The fourth-order valence-corrected chi connectivity index (χ4v) is 5.91. The number of benzene rings is 1. The van der Waals surface area contributed by atoms with Crippen LogP contribution in [0.2, 0.25) is 0 Å². The summed E-state index contributed by atoms with van der Waals surface area (Å²) in [7, 11) is 0. The molecular weight excluding hydrogens is 373 g/mol. The van der Waals surface area contributed by atoms with Gasteiger partial charge in [0.15, 0.2) is 0 Å². The topological polar surface area (TPSA) is 49.0 Å². The summed E-state index contributed by atoms with van der Waals surface area (Å²) in [6.07, 6.45) is 6.75. The molecule has 0 bridgehead atoms. The van der Waals surface area contributed by atoms with Crippen molar-refractivity contribution in [2.24, 2.45) is 11.8 Å². The van der Waals surface area contributed by atoms with Gasteiger partial charge in [-0.05, 0) is 48.9 Å². The van der Waals surface area contributed by atoms with Crippen molar-refractivity contribution in [3.8, 4) is 11.1 Å². The van der Waals surface area contributed by atoms with Crippen LogP contribution in [0, 0.1) is 17.7 Å². The maximum absolute atomic E-state index is 13.2. The first-order chi connectivity index (χ1) is 13.7. The van der Waals surface area contributed by atoms with Crippen LogP contribution in [0.5, 0.6) is 0 Å². The Morgan fingerprint density at radius 3 is 2.75 bits per heavy atom. The average molecular weight is 398 g/mol. The van der Waals surface area contributed by atoms with Gasteiger partial charge in [0.25, 0.3) is 5.56 Å². The minimum absolute atomic E-state index is 0.104. The van der Waals surface area contributed by atoms with E-state index in [0.29, 0.717) is 11.9 Å². The highest BCUT2D eigenvalue weighted by atomic mass is 32.1. The summed E-state index contributed by atoms with van der Waals surface area (Å²) in [6, 6.07) is 6.25. The van der Waals surface area contributed by atoms with E-state index < -0.39 is 0 Å². The van der Waals surface area contributed by atoms with Gasteiger partial charge in [0.05, 0.1) is 11.9 Å². The first-order valence-corrected chi connectivity index (χ1v) is 11.0. The fourth-order valence-electron chi connectivity index (χ4n) is 4.94. The summed E-state index contributed by atoms with van der Waals surface area (Å²) in [5.74, 6) is 2.18. The van der Waals surface area contributed by atoms with E-state index in [1.54, 1.807) is 12.1 Å². The zero-order valence-corrected chi connectivity index (χ0v) is 16.6. The van der Waals surface area contributed by atoms with E-state index >= 15 is 0 Å². The van der Waals surface area contributed by atoms with Crippen LogP contribution in [-0.2, 0) is 6.54 Å². The van der Waals surface area contributed by atoms with Crippen molar-refractivity contribution in [2.75, 3.05) is 13.1 Å². The predicted molar refractivity (Wildman–Crippen MR) is 111 cm³/mol. The number of aromatic nitrogens is 2.